The van der Waals surface area contributed by atoms with Crippen LogP contribution in [-0.2, 0) is 0 Å². The van der Waals surface area contributed by atoms with E-state index in [1.165, 1.54) is 25.7 Å². The summed E-state index contributed by atoms with van der Waals surface area (Å²) in [6, 6.07) is 2.50. The van der Waals surface area contributed by atoms with E-state index in [4.69, 9.17) is 5.73 Å². The van der Waals surface area contributed by atoms with Gasteiger partial charge >= 0.3 is 0 Å². The van der Waals surface area contributed by atoms with Gasteiger partial charge in [-0.15, -0.1) is 0 Å². The number of hydrogen-bond donors (Lipinski definition) is 1. The Morgan fingerprint density at radius 3 is 3.00 bits per heavy atom. The van der Waals surface area contributed by atoms with Crippen LogP contribution in [0.25, 0.3) is 0 Å². The van der Waals surface area contributed by atoms with Crippen molar-refractivity contribution >= 4 is 27.4 Å². The maximum Gasteiger partial charge on any atom is 0.143 e. The summed E-state index contributed by atoms with van der Waals surface area (Å²) in [5, 5.41) is 0. The van der Waals surface area contributed by atoms with Gasteiger partial charge in [0.2, 0.25) is 0 Å². The van der Waals surface area contributed by atoms with Gasteiger partial charge in [-0.3, -0.25) is 0 Å². The Kier molecular flexibility index (Phi) is 3.69. The first-order valence-electron chi connectivity index (χ1n) is 5.86. The third-order valence-corrected chi connectivity index (χ3v) is 3.75. The van der Waals surface area contributed by atoms with E-state index in [-0.39, 0.29) is 0 Å². The van der Waals surface area contributed by atoms with Crippen LogP contribution in [0.2, 0.25) is 0 Å². The minimum atomic E-state index is 0.565. The quantitative estimate of drug-likeness (QED) is 0.861. The Labute approximate surface area is 105 Å². The first-order valence-corrected chi connectivity index (χ1v) is 6.65. The van der Waals surface area contributed by atoms with Gasteiger partial charge in [0.1, 0.15) is 5.82 Å². The molecule has 0 radical (unpaired) electrons. The third kappa shape index (κ3) is 2.48. The van der Waals surface area contributed by atoms with Crippen LogP contribution < -0.4 is 10.6 Å². The molecule has 88 valence electrons. The zero-order valence-corrected chi connectivity index (χ0v) is 11.2. The summed E-state index contributed by atoms with van der Waals surface area (Å²) in [6.45, 7) is 3.37. The molecule has 1 atom stereocenters. The summed E-state index contributed by atoms with van der Waals surface area (Å²) in [5.74, 6) is 1.03. The fourth-order valence-electron chi connectivity index (χ4n) is 2.25. The minimum absolute atomic E-state index is 0.565. The molecule has 2 heterocycles. The maximum absolute atomic E-state index is 5.71. The molecule has 1 unspecified atom stereocenters. The number of rotatable bonds is 1. The molecular formula is C12H18BrN3. The summed E-state index contributed by atoms with van der Waals surface area (Å²) in [4.78, 5) is 6.83. The molecule has 1 aliphatic rings. The SMILES string of the molecule is CC1CCCCCN1c1ncc(N)cc1Br. The molecule has 1 aromatic heterocycles. The lowest BCUT2D eigenvalue weighted by Crippen LogP contribution is -2.33. The van der Waals surface area contributed by atoms with Crippen LogP contribution in [0.4, 0.5) is 11.5 Å². The average Bonchev–Trinajstić information content (AvgIpc) is 2.44. The van der Waals surface area contributed by atoms with E-state index in [1.54, 1.807) is 6.20 Å². The number of nitrogen functional groups attached to an aromatic ring is 1. The van der Waals surface area contributed by atoms with Crippen LogP contribution in [0.3, 0.4) is 0 Å². The normalized spacial score (nSPS) is 21.9. The first kappa shape index (κ1) is 11.7. The fraction of sp³-hybridized carbons (Fsp3) is 0.583. The standard InChI is InChI=1S/C12H18BrN3/c1-9-5-3-2-4-6-16(9)12-11(13)7-10(14)8-15-12/h7-9H,2-6,14H2,1H3. The second kappa shape index (κ2) is 5.04. The van der Waals surface area contributed by atoms with Gasteiger partial charge in [-0.25, -0.2) is 4.98 Å². The van der Waals surface area contributed by atoms with Crippen molar-refractivity contribution in [2.24, 2.45) is 0 Å². The molecule has 0 spiro atoms. The maximum atomic E-state index is 5.71. The van der Waals surface area contributed by atoms with Crippen LogP contribution in [0.5, 0.6) is 0 Å². The van der Waals surface area contributed by atoms with Crippen molar-refractivity contribution in [1.29, 1.82) is 0 Å². The Hall–Kier alpha value is -0.770. The Balaban J connectivity index is 2.27. The highest BCUT2D eigenvalue weighted by molar-refractivity contribution is 9.10. The number of anilines is 2. The average molecular weight is 284 g/mol. The largest absolute Gasteiger partial charge is 0.397 e. The number of aromatic nitrogens is 1. The van der Waals surface area contributed by atoms with Crippen LogP contribution in [0.1, 0.15) is 32.6 Å². The highest BCUT2D eigenvalue weighted by Crippen LogP contribution is 2.29. The molecule has 0 aromatic carbocycles. The van der Waals surface area contributed by atoms with Gasteiger partial charge in [0.05, 0.1) is 16.4 Å². The van der Waals surface area contributed by atoms with E-state index in [0.717, 1.165) is 16.8 Å². The summed E-state index contributed by atoms with van der Waals surface area (Å²) in [6.07, 6.45) is 6.89. The lowest BCUT2D eigenvalue weighted by Gasteiger charge is -2.29. The van der Waals surface area contributed by atoms with Crippen LogP contribution in [0.15, 0.2) is 16.7 Å². The predicted octanol–water partition coefficient (Wildman–Crippen LogP) is 3.20. The molecule has 0 aliphatic carbocycles. The van der Waals surface area contributed by atoms with Crippen molar-refractivity contribution in [3.8, 4) is 0 Å². The van der Waals surface area contributed by atoms with Crippen LogP contribution in [0, 0.1) is 0 Å². The molecule has 2 rings (SSSR count). The number of halogens is 1. The van der Waals surface area contributed by atoms with Gasteiger partial charge in [0.15, 0.2) is 0 Å². The molecule has 0 saturated carbocycles. The molecule has 0 bridgehead atoms. The van der Waals surface area contributed by atoms with Gasteiger partial charge in [-0.05, 0) is 41.8 Å². The number of hydrogen-bond acceptors (Lipinski definition) is 3. The van der Waals surface area contributed by atoms with Crippen molar-refractivity contribution in [3.63, 3.8) is 0 Å². The van der Waals surface area contributed by atoms with E-state index < -0.39 is 0 Å². The molecule has 0 amide bonds. The smallest absolute Gasteiger partial charge is 0.143 e. The summed E-state index contributed by atoms with van der Waals surface area (Å²) in [5.41, 5.74) is 6.42. The van der Waals surface area contributed by atoms with E-state index in [0.29, 0.717) is 11.7 Å². The van der Waals surface area contributed by atoms with Crippen molar-refractivity contribution in [2.75, 3.05) is 17.2 Å². The van der Waals surface area contributed by atoms with Gasteiger partial charge < -0.3 is 10.6 Å². The zero-order valence-electron chi connectivity index (χ0n) is 9.62. The summed E-state index contributed by atoms with van der Waals surface area (Å²) < 4.78 is 1.00. The highest BCUT2D eigenvalue weighted by Gasteiger charge is 2.20. The summed E-state index contributed by atoms with van der Waals surface area (Å²) in [7, 11) is 0. The first-order chi connectivity index (χ1) is 7.68. The number of pyridine rings is 1. The van der Waals surface area contributed by atoms with E-state index in [1.807, 2.05) is 6.07 Å². The Morgan fingerprint density at radius 2 is 2.25 bits per heavy atom. The van der Waals surface area contributed by atoms with Gasteiger partial charge in [0.25, 0.3) is 0 Å². The van der Waals surface area contributed by atoms with Crippen LogP contribution in [-0.4, -0.2) is 17.6 Å². The molecular weight excluding hydrogens is 266 g/mol. The Bertz CT molecular complexity index is 367. The Morgan fingerprint density at radius 1 is 1.44 bits per heavy atom. The van der Waals surface area contributed by atoms with Crippen molar-refractivity contribution in [1.82, 2.24) is 4.98 Å². The molecule has 2 N–H and O–H groups in total. The molecule has 1 fully saturated rings. The molecule has 4 heteroatoms. The molecule has 3 nitrogen and oxygen atoms in total. The lowest BCUT2D eigenvalue weighted by molar-refractivity contribution is 0.610. The predicted molar refractivity (Wildman–Crippen MR) is 71.6 cm³/mol. The summed E-state index contributed by atoms with van der Waals surface area (Å²) >= 11 is 3.55. The minimum Gasteiger partial charge on any atom is -0.397 e. The van der Waals surface area contributed by atoms with E-state index >= 15 is 0 Å². The zero-order chi connectivity index (χ0) is 11.5. The highest BCUT2D eigenvalue weighted by atomic mass is 79.9. The van der Waals surface area contributed by atoms with Gasteiger partial charge in [0, 0.05) is 12.6 Å². The second-order valence-corrected chi connectivity index (χ2v) is 5.32. The fourth-order valence-corrected chi connectivity index (χ4v) is 2.84. The monoisotopic (exact) mass is 283 g/mol. The molecule has 1 aromatic rings. The van der Waals surface area contributed by atoms with Gasteiger partial charge in [-0.1, -0.05) is 12.8 Å². The van der Waals surface area contributed by atoms with Crippen LogP contribution >= 0.6 is 15.9 Å². The van der Waals surface area contributed by atoms with E-state index in [9.17, 15) is 0 Å². The van der Waals surface area contributed by atoms with Crippen molar-refractivity contribution in [3.05, 3.63) is 16.7 Å². The van der Waals surface area contributed by atoms with Crippen molar-refractivity contribution < 1.29 is 0 Å². The second-order valence-electron chi connectivity index (χ2n) is 4.47. The molecule has 16 heavy (non-hydrogen) atoms. The van der Waals surface area contributed by atoms with Gasteiger partial charge in [-0.2, -0.15) is 0 Å². The lowest BCUT2D eigenvalue weighted by atomic mass is 10.1. The number of nitrogens with zero attached hydrogens (tertiary/aromatic N) is 2. The molecule has 1 aliphatic heterocycles. The number of nitrogens with two attached hydrogens (primary N) is 1. The third-order valence-electron chi connectivity index (χ3n) is 3.17. The molecule has 1 saturated heterocycles. The van der Waals surface area contributed by atoms with E-state index in [2.05, 4.69) is 32.7 Å². The van der Waals surface area contributed by atoms with Crippen molar-refractivity contribution in [2.45, 2.75) is 38.6 Å². The topological polar surface area (TPSA) is 42.2 Å².